The second-order valence-electron chi connectivity index (χ2n) is 8.82. The third-order valence-electron chi connectivity index (χ3n) is 6.35. The summed E-state index contributed by atoms with van der Waals surface area (Å²) < 4.78 is 30.7. The Hall–Kier alpha value is -3.15. The molecule has 0 radical (unpaired) electrons. The molecule has 2 aromatic heterocycles. The summed E-state index contributed by atoms with van der Waals surface area (Å²) in [4.78, 5) is 28.1. The molecule has 2 aliphatic heterocycles. The molecule has 0 unspecified atom stereocenters. The molecule has 2 saturated heterocycles. The van der Waals surface area contributed by atoms with Gasteiger partial charge < -0.3 is 28.6 Å². The number of morpholine rings is 1. The van der Waals surface area contributed by atoms with Crippen molar-refractivity contribution in [2.75, 3.05) is 69.4 Å². The van der Waals surface area contributed by atoms with Crippen molar-refractivity contribution >= 4 is 29.2 Å². The second kappa shape index (κ2) is 11.9. The number of benzene rings is 1. The van der Waals surface area contributed by atoms with Crippen LogP contribution in [0.4, 0.5) is 15.9 Å². The van der Waals surface area contributed by atoms with E-state index < -0.39 is 0 Å². The SMILES string of the molecule is COCc1cc(N2CCN(c3ccccc3F)CC2)nc(SCc2ccc(C(=O)N3CCOCC3)o2)n1. The van der Waals surface area contributed by atoms with Gasteiger partial charge in [-0.15, -0.1) is 0 Å². The monoisotopic (exact) mass is 527 g/mol. The van der Waals surface area contributed by atoms with Crippen molar-refractivity contribution in [3.05, 3.63) is 65.5 Å². The molecule has 2 fully saturated rings. The molecule has 37 heavy (non-hydrogen) atoms. The number of carbonyl (C=O) groups is 1. The minimum Gasteiger partial charge on any atom is -0.455 e. The highest BCUT2D eigenvalue weighted by molar-refractivity contribution is 7.98. The first kappa shape index (κ1) is 25.5. The number of aromatic nitrogens is 2. The molecule has 3 aromatic rings. The molecule has 2 aliphatic rings. The Labute approximate surface area is 219 Å². The number of ether oxygens (including phenoxy) is 2. The predicted octanol–water partition coefficient (Wildman–Crippen LogP) is 3.45. The summed E-state index contributed by atoms with van der Waals surface area (Å²) in [6, 6.07) is 12.4. The molecule has 0 atom stereocenters. The maximum atomic E-state index is 14.2. The lowest BCUT2D eigenvalue weighted by Gasteiger charge is -2.37. The van der Waals surface area contributed by atoms with Gasteiger partial charge in [0.25, 0.3) is 5.91 Å². The van der Waals surface area contributed by atoms with E-state index in [1.165, 1.54) is 17.8 Å². The van der Waals surface area contributed by atoms with Gasteiger partial charge in [0.05, 0.1) is 37.0 Å². The molecule has 0 saturated carbocycles. The number of furan rings is 1. The van der Waals surface area contributed by atoms with E-state index in [0.717, 1.165) is 11.5 Å². The van der Waals surface area contributed by atoms with E-state index in [2.05, 4.69) is 14.8 Å². The van der Waals surface area contributed by atoms with Gasteiger partial charge in [-0.05, 0) is 24.3 Å². The van der Waals surface area contributed by atoms with Crippen molar-refractivity contribution in [1.82, 2.24) is 14.9 Å². The minimum absolute atomic E-state index is 0.116. The van der Waals surface area contributed by atoms with Crippen LogP contribution in [0.15, 0.2) is 52.0 Å². The van der Waals surface area contributed by atoms with Crippen LogP contribution in [0.3, 0.4) is 0 Å². The molecule has 0 bridgehead atoms. The van der Waals surface area contributed by atoms with Crippen molar-refractivity contribution < 1.29 is 23.1 Å². The van der Waals surface area contributed by atoms with E-state index in [4.69, 9.17) is 18.9 Å². The first-order chi connectivity index (χ1) is 18.1. The van der Waals surface area contributed by atoms with Crippen LogP contribution < -0.4 is 9.80 Å². The molecule has 0 N–H and O–H groups in total. The van der Waals surface area contributed by atoms with Crippen LogP contribution in [0.2, 0.25) is 0 Å². The van der Waals surface area contributed by atoms with Gasteiger partial charge >= 0.3 is 0 Å². The van der Waals surface area contributed by atoms with Gasteiger partial charge in [-0.3, -0.25) is 4.79 Å². The summed E-state index contributed by atoms with van der Waals surface area (Å²) in [7, 11) is 1.64. The van der Waals surface area contributed by atoms with Crippen LogP contribution in [-0.4, -0.2) is 80.4 Å². The number of halogens is 1. The van der Waals surface area contributed by atoms with E-state index in [0.29, 0.717) is 87.2 Å². The van der Waals surface area contributed by atoms with Gasteiger partial charge in [0.15, 0.2) is 10.9 Å². The topological polar surface area (TPSA) is 84.2 Å². The third kappa shape index (κ3) is 6.23. The number of hydrogen-bond acceptors (Lipinski definition) is 9. The summed E-state index contributed by atoms with van der Waals surface area (Å²) in [5.41, 5.74) is 1.42. The van der Waals surface area contributed by atoms with Crippen molar-refractivity contribution in [3.8, 4) is 0 Å². The zero-order valence-electron chi connectivity index (χ0n) is 20.8. The van der Waals surface area contributed by atoms with E-state index >= 15 is 0 Å². The largest absolute Gasteiger partial charge is 0.455 e. The van der Waals surface area contributed by atoms with E-state index in [9.17, 15) is 9.18 Å². The molecule has 4 heterocycles. The fraction of sp³-hybridized carbons (Fsp3) is 0.423. The molecule has 11 heteroatoms. The molecule has 1 aromatic carbocycles. The van der Waals surface area contributed by atoms with E-state index in [1.54, 1.807) is 24.1 Å². The summed E-state index contributed by atoms with van der Waals surface area (Å²) in [5, 5.41) is 0.610. The third-order valence-corrected chi connectivity index (χ3v) is 7.22. The highest BCUT2D eigenvalue weighted by atomic mass is 32.2. The predicted molar refractivity (Wildman–Crippen MR) is 139 cm³/mol. The van der Waals surface area contributed by atoms with Gasteiger partial charge in [0, 0.05) is 52.4 Å². The molecular formula is C26H30FN5O4S. The number of methoxy groups -OCH3 is 1. The van der Waals surface area contributed by atoms with E-state index in [-0.39, 0.29) is 11.7 Å². The highest BCUT2D eigenvalue weighted by Gasteiger charge is 2.23. The Bertz CT molecular complexity index is 1210. The normalized spacial score (nSPS) is 16.3. The zero-order valence-corrected chi connectivity index (χ0v) is 21.6. The lowest BCUT2D eigenvalue weighted by atomic mass is 10.2. The summed E-state index contributed by atoms with van der Waals surface area (Å²) in [5.74, 6) is 2.01. The number of rotatable bonds is 8. The lowest BCUT2D eigenvalue weighted by molar-refractivity contribution is 0.0282. The van der Waals surface area contributed by atoms with Crippen LogP contribution in [0.5, 0.6) is 0 Å². The number of anilines is 2. The molecule has 9 nitrogen and oxygen atoms in total. The fourth-order valence-corrected chi connectivity index (χ4v) is 5.19. The highest BCUT2D eigenvalue weighted by Crippen LogP contribution is 2.26. The molecular weight excluding hydrogens is 497 g/mol. The Morgan fingerprint density at radius 2 is 1.78 bits per heavy atom. The molecule has 0 spiro atoms. The number of hydrogen-bond donors (Lipinski definition) is 0. The Morgan fingerprint density at radius 3 is 2.54 bits per heavy atom. The maximum Gasteiger partial charge on any atom is 0.289 e. The van der Waals surface area contributed by atoms with Crippen LogP contribution in [0, 0.1) is 5.82 Å². The first-order valence-electron chi connectivity index (χ1n) is 12.3. The molecule has 196 valence electrons. The average Bonchev–Trinajstić information content (AvgIpc) is 3.42. The molecule has 5 rings (SSSR count). The molecule has 1 amide bonds. The van der Waals surface area contributed by atoms with Gasteiger partial charge in [0.1, 0.15) is 17.4 Å². The summed E-state index contributed by atoms with van der Waals surface area (Å²) >= 11 is 1.45. The van der Waals surface area contributed by atoms with Crippen LogP contribution in [0.25, 0.3) is 0 Å². The number of nitrogens with zero attached hydrogens (tertiary/aromatic N) is 5. The summed E-state index contributed by atoms with van der Waals surface area (Å²) in [6.07, 6.45) is 0. The van der Waals surface area contributed by atoms with Crippen molar-refractivity contribution in [3.63, 3.8) is 0 Å². The van der Waals surface area contributed by atoms with Crippen LogP contribution in [-0.2, 0) is 21.8 Å². The fourth-order valence-electron chi connectivity index (χ4n) is 4.42. The van der Waals surface area contributed by atoms with Crippen molar-refractivity contribution in [2.45, 2.75) is 17.5 Å². The zero-order chi connectivity index (χ0) is 25.6. The van der Waals surface area contributed by atoms with Gasteiger partial charge in [-0.2, -0.15) is 0 Å². The Morgan fingerprint density at radius 1 is 1.03 bits per heavy atom. The second-order valence-corrected chi connectivity index (χ2v) is 9.76. The van der Waals surface area contributed by atoms with Crippen molar-refractivity contribution in [2.24, 2.45) is 0 Å². The van der Waals surface area contributed by atoms with E-state index in [1.807, 2.05) is 24.3 Å². The minimum atomic E-state index is -0.202. The van der Waals surface area contributed by atoms with Crippen LogP contribution in [0.1, 0.15) is 22.0 Å². The summed E-state index contributed by atoms with van der Waals surface area (Å²) in [6.45, 7) is 5.42. The lowest BCUT2D eigenvalue weighted by Crippen LogP contribution is -2.47. The number of amides is 1. The average molecular weight is 528 g/mol. The Balaban J connectivity index is 1.23. The van der Waals surface area contributed by atoms with Gasteiger partial charge in [-0.25, -0.2) is 14.4 Å². The number of carbonyl (C=O) groups excluding carboxylic acids is 1. The standard InChI is InChI=1S/C26H30FN5O4S/c1-34-17-19-16-24(31-10-8-30(9-11-31)22-5-3-2-4-21(22)27)29-26(28-19)37-18-20-6-7-23(36-20)25(33)32-12-14-35-15-13-32/h2-7,16H,8-15,17-18H2,1H3. The number of thioether (sulfide) groups is 1. The molecule has 0 aliphatic carbocycles. The first-order valence-corrected chi connectivity index (χ1v) is 13.3. The smallest absolute Gasteiger partial charge is 0.289 e. The Kier molecular flexibility index (Phi) is 8.22. The van der Waals surface area contributed by atoms with Crippen LogP contribution >= 0.6 is 11.8 Å². The quantitative estimate of drug-likeness (QED) is 0.323. The maximum absolute atomic E-state index is 14.2. The van der Waals surface area contributed by atoms with Gasteiger partial charge in [-0.1, -0.05) is 23.9 Å². The van der Waals surface area contributed by atoms with Crippen molar-refractivity contribution in [1.29, 1.82) is 0 Å². The van der Waals surface area contributed by atoms with Gasteiger partial charge in [0.2, 0.25) is 0 Å². The number of para-hydroxylation sites is 1. The number of piperazine rings is 1.